The van der Waals surface area contributed by atoms with E-state index in [1.807, 2.05) is 30.3 Å². The molecule has 2 aromatic carbocycles. The molecule has 2 heterocycles. The Morgan fingerprint density at radius 1 is 1.08 bits per heavy atom. The highest BCUT2D eigenvalue weighted by molar-refractivity contribution is 7.18. The van der Waals surface area contributed by atoms with Gasteiger partial charge in [-0.15, -0.1) is 11.3 Å². The number of hydrogen-bond acceptors (Lipinski definition) is 3. The van der Waals surface area contributed by atoms with Crippen molar-refractivity contribution in [3.63, 3.8) is 0 Å². The molecule has 128 valence electrons. The molecular formula is C21H22N2OS. The highest BCUT2D eigenvalue weighted by Gasteiger charge is 2.29. The fourth-order valence-electron chi connectivity index (χ4n) is 3.56. The van der Waals surface area contributed by atoms with Gasteiger partial charge >= 0.3 is 0 Å². The first kappa shape index (κ1) is 16.3. The minimum absolute atomic E-state index is 0.148. The zero-order valence-corrected chi connectivity index (χ0v) is 15.0. The third-order valence-corrected chi connectivity index (χ3v) is 6.03. The molecule has 0 bridgehead atoms. The van der Waals surface area contributed by atoms with Crippen LogP contribution in [-0.2, 0) is 11.2 Å². The number of carbonyl (C=O) groups excluding carboxylic acids is 1. The third-order valence-electron chi connectivity index (χ3n) is 4.89. The summed E-state index contributed by atoms with van der Waals surface area (Å²) < 4.78 is 1.21. The van der Waals surface area contributed by atoms with E-state index in [1.165, 1.54) is 16.7 Å². The van der Waals surface area contributed by atoms with Crippen molar-refractivity contribution < 1.29 is 4.79 Å². The molecule has 1 aliphatic rings. The number of rotatable bonds is 4. The summed E-state index contributed by atoms with van der Waals surface area (Å²) in [4.78, 5) is 19.8. The Balaban J connectivity index is 1.51. The fraction of sp³-hybridized carbons (Fsp3) is 0.333. The maximum atomic E-state index is 12.9. The molecule has 3 aromatic rings. The van der Waals surface area contributed by atoms with Gasteiger partial charge in [0.2, 0.25) is 5.91 Å². The highest BCUT2D eigenvalue weighted by Crippen LogP contribution is 2.36. The molecule has 0 N–H and O–H groups in total. The number of likely N-dealkylation sites (tertiary alicyclic amines) is 1. The second-order valence-corrected chi connectivity index (χ2v) is 7.67. The van der Waals surface area contributed by atoms with Gasteiger partial charge in [0.25, 0.3) is 0 Å². The Morgan fingerprint density at radius 2 is 1.88 bits per heavy atom. The van der Waals surface area contributed by atoms with Crippen molar-refractivity contribution in [1.82, 2.24) is 9.88 Å². The molecule has 1 unspecified atom stereocenters. The van der Waals surface area contributed by atoms with Crippen LogP contribution in [0.2, 0.25) is 0 Å². The Labute approximate surface area is 152 Å². The van der Waals surface area contributed by atoms with E-state index < -0.39 is 0 Å². The summed E-state index contributed by atoms with van der Waals surface area (Å²) >= 11 is 1.73. The van der Waals surface area contributed by atoms with Crippen molar-refractivity contribution in [3.05, 3.63) is 65.2 Å². The Bertz CT molecular complexity index is 825. The first-order valence-corrected chi connectivity index (χ1v) is 9.82. The summed E-state index contributed by atoms with van der Waals surface area (Å²) in [5, 5.41) is 1.09. The number of amides is 1. The molecule has 1 aromatic heterocycles. The monoisotopic (exact) mass is 350 g/mol. The van der Waals surface area contributed by atoms with E-state index in [1.54, 1.807) is 11.3 Å². The van der Waals surface area contributed by atoms with E-state index in [4.69, 9.17) is 4.98 Å². The third kappa shape index (κ3) is 3.59. The van der Waals surface area contributed by atoms with Crippen LogP contribution in [0.1, 0.15) is 42.3 Å². The summed E-state index contributed by atoms with van der Waals surface area (Å²) in [5.74, 6) is 0.257. The molecule has 3 nitrogen and oxygen atoms in total. The lowest BCUT2D eigenvalue weighted by Crippen LogP contribution is -2.38. The van der Waals surface area contributed by atoms with Gasteiger partial charge in [-0.2, -0.15) is 0 Å². The summed E-state index contributed by atoms with van der Waals surface area (Å²) in [6.07, 6.45) is 4.67. The smallest absolute Gasteiger partial charge is 0.223 e. The molecule has 1 saturated heterocycles. The van der Waals surface area contributed by atoms with Crippen molar-refractivity contribution in [2.24, 2.45) is 0 Å². The molecule has 1 fully saturated rings. The number of aryl methyl sites for hydroxylation is 1. The molecule has 1 aliphatic heterocycles. The van der Waals surface area contributed by atoms with Crippen LogP contribution in [0, 0.1) is 0 Å². The van der Waals surface area contributed by atoms with E-state index >= 15 is 0 Å². The predicted molar refractivity (Wildman–Crippen MR) is 103 cm³/mol. The predicted octanol–water partition coefficient (Wildman–Crippen LogP) is 4.98. The summed E-state index contributed by atoms with van der Waals surface area (Å²) in [5.41, 5.74) is 2.27. The first-order valence-electron chi connectivity index (χ1n) is 9.00. The number of carbonyl (C=O) groups is 1. The van der Waals surface area contributed by atoms with Gasteiger partial charge in [0.1, 0.15) is 5.01 Å². The molecule has 4 rings (SSSR count). The SMILES string of the molecule is O=C(CCc1ccccc1)N1CCCCC1c1nc2ccccc2s1. The van der Waals surface area contributed by atoms with E-state index in [0.29, 0.717) is 6.42 Å². The molecule has 25 heavy (non-hydrogen) atoms. The number of aromatic nitrogens is 1. The normalized spacial score (nSPS) is 17.8. The molecule has 1 atom stereocenters. The van der Waals surface area contributed by atoms with Crippen molar-refractivity contribution in [3.8, 4) is 0 Å². The van der Waals surface area contributed by atoms with Crippen molar-refractivity contribution in [1.29, 1.82) is 0 Å². The minimum Gasteiger partial charge on any atom is -0.333 e. The largest absolute Gasteiger partial charge is 0.333 e. The molecular weight excluding hydrogens is 328 g/mol. The summed E-state index contributed by atoms with van der Waals surface area (Å²) in [7, 11) is 0. The van der Waals surface area contributed by atoms with E-state index in [2.05, 4.69) is 29.2 Å². The lowest BCUT2D eigenvalue weighted by molar-refractivity contribution is -0.135. The van der Waals surface area contributed by atoms with Crippen LogP contribution in [0.25, 0.3) is 10.2 Å². The van der Waals surface area contributed by atoms with Crippen LogP contribution in [0.15, 0.2) is 54.6 Å². The van der Waals surface area contributed by atoms with Gasteiger partial charge in [0, 0.05) is 13.0 Å². The fourth-order valence-corrected chi connectivity index (χ4v) is 4.67. The van der Waals surface area contributed by atoms with Gasteiger partial charge in [0.05, 0.1) is 16.3 Å². The second-order valence-electron chi connectivity index (χ2n) is 6.60. The van der Waals surface area contributed by atoms with Crippen LogP contribution < -0.4 is 0 Å². The topological polar surface area (TPSA) is 33.2 Å². The molecule has 0 saturated carbocycles. The number of benzene rings is 2. The van der Waals surface area contributed by atoms with Gasteiger partial charge in [-0.05, 0) is 43.4 Å². The van der Waals surface area contributed by atoms with Crippen LogP contribution in [0.5, 0.6) is 0 Å². The van der Waals surface area contributed by atoms with Gasteiger partial charge in [-0.3, -0.25) is 4.79 Å². The van der Waals surface area contributed by atoms with Crippen molar-refractivity contribution >= 4 is 27.5 Å². The number of fused-ring (bicyclic) bond motifs is 1. The van der Waals surface area contributed by atoms with Gasteiger partial charge < -0.3 is 4.90 Å². The molecule has 4 heteroatoms. The highest BCUT2D eigenvalue weighted by atomic mass is 32.1. The van der Waals surface area contributed by atoms with Crippen LogP contribution in [-0.4, -0.2) is 22.3 Å². The minimum atomic E-state index is 0.148. The number of hydrogen-bond donors (Lipinski definition) is 0. The summed E-state index contributed by atoms with van der Waals surface area (Å²) in [6.45, 7) is 0.855. The van der Waals surface area contributed by atoms with Crippen molar-refractivity contribution in [2.75, 3.05) is 6.54 Å². The van der Waals surface area contributed by atoms with Gasteiger partial charge in [-0.1, -0.05) is 42.5 Å². The Kier molecular flexibility index (Phi) is 4.79. The summed E-state index contributed by atoms with van der Waals surface area (Å²) in [6, 6.07) is 18.6. The average Bonchev–Trinajstić information content (AvgIpc) is 3.11. The number of piperidine rings is 1. The van der Waals surface area contributed by atoms with Gasteiger partial charge in [-0.25, -0.2) is 4.98 Å². The zero-order chi connectivity index (χ0) is 17.1. The number of para-hydroxylation sites is 1. The Hall–Kier alpha value is -2.20. The standard InChI is InChI=1S/C21H22N2OS/c24-20(14-13-16-8-2-1-3-9-16)23-15-7-6-11-18(23)21-22-17-10-4-5-12-19(17)25-21/h1-5,8-10,12,18H,6-7,11,13-15H2. The van der Waals surface area contributed by atoms with Gasteiger partial charge in [0.15, 0.2) is 0 Å². The molecule has 1 amide bonds. The lowest BCUT2D eigenvalue weighted by Gasteiger charge is -2.34. The average molecular weight is 350 g/mol. The zero-order valence-electron chi connectivity index (χ0n) is 14.2. The number of thiazole rings is 1. The second kappa shape index (κ2) is 7.36. The van der Waals surface area contributed by atoms with E-state index in [-0.39, 0.29) is 11.9 Å². The maximum Gasteiger partial charge on any atom is 0.223 e. The Morgan fingerprint density at radius 3 is 2.72 bits per heavy atom. The van der Waals surface area contributed by atoms with E-state index in [0.717, 1.165) is 36.3 Å². The lowest BCUT2D eigenvalue weighted by atomic mass is 10.0. The van der Waals surface area contributed by atoms with E-state index in [9.17, 15) is 4.79 Å². The first-order chi connectivity index (χ1) is 12.3. The maximum absolute atomic E-state index is 12.9. The number of nitrogens with zero attached hydrogens (tertiary/aromatic N) is 2. The quantitative estimate of drug-likeness (QED) is 0.665. The molecule has 0 aliphatic carbocycles. The van der Waals surface area contributed by atoms with Crippen LogP contribution >= 0.6 is 11.3 Å². The van der Waals surface area contributed by atoms with Crippen molar-refractivity contribution in [2.45, 2.75) is 38.1 Å². The van der Waals surface area contributed by atoms with Crippen LogP contribution in [0.3, 0.4) is 0 Å². The molecule has 0 spiro atoms. The molecule has 0 radical (unpaired) electrons. The van der Waals surface area contributed by atoms with Crippen LogP contribution in [0.4, 0.5) is 0 Å².